The van der Waals surface area contributed by atoms with E-state index < -0.39 is 0 Å². The minimum absolute atomic E-state index is 1.08. The summed E-state index contributed by atoms with van der Waals surface area (Å²) in [5, 5.41) is 6.88. The molecule has 0 heterocycles. The van der Waals surface area contributed by atoms with E-state index in [4.69, 9.17) is 0 Å². The van der Waals surface area contributed by atoms with Crippen molar-refractivity contribution >= 4 is 47.1 Å². The molecule has 0 unspecified atom stereocenters. The summed E-state index contributed by atoms with van der Waals surface area (Å²) in [5.41, 5.74) is 11.6. The van der Waals surface area contributed by atoms with E-state index in [-0.39, 0.29) is 0 Å². The molecule has 0 aliphatic heterocycles. The van der Waals surface area contributed by atoms with Crippen LogP contribution in [0.2, 0.25) is 0 Å². The molecule has 2 nitrogen and oxygen atoms in total. The van der Waals surface area contributed by atoms with Gasteiger partial charge in [-0.25, -0.2) is 0 Å². The van der Waals surface area contributed by atoms with Crippen molar-refractivity contribution in [3.8, 4) is 0 Å². The Labute approximate surface area is 226 Å². The van der Waals surface area contributed by atoms with Crippen LogP contribution < -0.4 is 10.6 Å². The lowest BCUT2D eigenvalue weighted by Gasteiger charge is -2.07. The van der Waals surface area contributed by atoms with E-state index in [2.05, 4.69) is 170 Å². The Balaban J connectivity index is 1.14. The Bertz CT molecular complexity index is 1390. The fourth-order valence-electron chi connectivity index (χ4n) is 4.07. The minimum atomic E-state index is 1.08. The predicted octanol–water partition coefficient (Wildman–Crippen LogP) is 10.1. The first-order valence-corrected chi connectivity index (χ1v) is 12.9. The molecular formula is C36H32N2. The second-order valence-electron chi connectivity index (χ2n) is 9.56. The Morgan fingerprint density at radius 3 is 0.789 bits per heavy atom. The number of aryl methyl sites for hydroxylation is 2. The first-order chi connectivity index (χ1) is 18.6. The van der Waals surface area contributed by atoms with Crippen LogP contribution >= 0.6 is 0 Å². The summed E-state index contributed by atoms with van der Waals surface area (Å²) in [6.45, 7) is 4.20. The van der Waals surface area contributed by atoms with Crippen molar-refractivity contribution < 1.29 is 0 Å². The van der Waals surface area contributed by atoms with E-state index >= 15 is 0 Å². The van der Waals surface area contributed by atoms with Gasteiger partial charge < -0.3 is 10.6 Å². The van der Waals surface area contributed by atoms with Gasteiger partial charge in [-0.15, -0.1) is 0 Å². The second kappa shape index (κ2) is 11.9. The molecule has 0 radical (unpaired) electrons. The van der Waals surface area contributed by atoms with Crippen LogP contribution in [0.15, 0.2) is 121 Å². The predicted molar refractivity (Wildman–Crippen MR) is 166 cm³/mol. The van der Waals surface area contributed by atoms with Gasteiger partial charge >= 0.3 is 0 Å². The largest absolute Gasteiger partial charge is 0.356 e. The van der Waals surface area contributed by atoms with Crippen molar-refractivity contribution in [1.82, 2.24) is 0 Å². The number of hydrogen-bond donors (Lipinski definition) is 2. The van der Waals surface area contributed by atoms with E-state index in [9.17, 15) is 0 Å². The van der Waals surface area contributed by atoms with Crippen molar-refractivity contribution in [2.75, 3.05) is 10.6 Å². The summed E-state index contributed by atoms with van der Waals surface area (Å²) in [7, 11) is 0. The quantitative estimate of drug-likeness (QED) is 0.211. The van der Waals surface area contributed by atoms with Gasteiger partial charge in [0.2, 0.25) is 0 Å². The van der Waals surface area contributed by atoms with Crippen LogP contribution in [0.3, 0.4) is 0 Å². The molecule has 0 atom stereocenters. The van der Waals surface area contributed by atoms with E-state index in [1.54, 1.807) is 0 Å². The van der Waals surface area contributed by atoms with Gasteiger partial charge in [0.25, 0.3) is 0 Å². The number of rotatable bonds is 8. The van der Waals surface area contributed by atoms with Gasteiger partial charge in [0.05, 0.1) is 0 Å². The van der Waals surface area contributed by atoms with Crippen LogP contribution in [0.1, 0.15) is 33.4 Å². The summed E-state index contributed by atoms with van der Waals surface area (Å²) >= 11 is 0. The van der Waals surface area contributed by atoms with Crippen molar-refractivity contribution in [1.29, 1.82) is 0 Å². The Morgan fingerprint density at radius 1 is 0.316 bits per heavy atom. The lowest BCUT2D eigenvalue weighted by molar-refractivity contribution is 1.45. The molecule has 0 amide bonds. The summed E-state index contributed by atoms with van der Waals surface area (Å²) in [6.07, 6.45) is 8.59. The van der Waals surface area contributed by atoms with Crippen LogP contribution in [0, 0.1) is 13.8 Å². The summed E-state index contributed by atoms with van der Waals surface area (Å²) < 4.78 is 0. The molecule has 2 heteroatoms. The van der Waals surface area contributed by atoms with Crippen LogP contribution in [0.25, 0.3) is 24.3 Å². The SMILES string of the molecule is Cc1ccc(Nc2ccc(/C=C\c3ccc(/C=C\c4ccc(Nc5ccc(C)cc5)cc4)cc3)cc2)cc1. The lowest BCUT2D eigenvalue weighted by atomic mass is 10.1. The normalized spacial score (nSPS) is 11.2. The zero-order valence-corrected chi connectivity index (χ0v) is 21.9. The number of nitrogens with one attached hydrogen (secondary N) is 2. The van der Waals surface area contributed by atoms with E-state index in [1.165, 1.54) is 33.4 Å². The molecule has 0 saturated heterocycles. The molecule has 0 aromatic heterocycles. The number of hydrogen-bond acceptors (Lipinski definition) is 2. The number of anilines is 4. The molecular weight excluding hydrogens is 460 g/mol. The first kappa shape index (κ1) is 24.9. The highest BCUT2D eigenvalue weighted by Crippen LogP contribution is 2.20. The van der Waals surface area contributed by atoms with Gasteiger partial charge in [0.15, 0.2) is 0 Å². The standard InChI is InChI=1S/C36H32N2/c1-27-3-19-33(20-4-27)37-35-23-15-31(16-24-35)13-11-29-7-9-30(10-8-29)12-14-32-17-25-36(26-18-32)38-34-21-5-28(2)6-22-34/h3-26,37-38H,1-2H3/b13-11-,14-12-. The summed E-state index contributed by atoms with van der Waals surface area (Å²) in [6, 6.07) is 42.4. The summed E-state index contributed by atoms with van der Waals surface area (Å²) in [4.78, 5) is 0. The second-order valence-corrected chi connectivity index (χ2v) is 9.56. The average Bonchev–Trinajstić information content (AvgIpc) is 2.95. The average molecular weight is 493 g/mol. The lowest BCUT2D eigenvalue weighted by Crippen LogP contribution is -1.89. The Kier molecular flexibility index (Phi) is 7.81. The first-order valence-electron chi connectivity index (χ1n) is 12.9. The molecule has 38 heavy (non-hydrogen) atoms. The minimum Gasteiger partial charge on any atom is -0.356 e. The van der Waals surface area contributed by atoms with Gasteiger partial charge in [-0.3, -0.25) is 0 Å². The molecule has 5 aromatic rings. The van der Waals surface area contributed by atoms with Crippen molar-refractivity contribution in [3.63, 3.8) is 0 Å². The van der Waals surface area contributed by atoms with Crippen LogP contribution in [0.5, 0.6) is 0 Å². The smallest absolute Gasteiger partial charge is 0.0384 e. The van der Waals surface area contributed by atoms with E-state index in [0.717, 1.165) is 22.7 Å². The summed E-state index contributed by atoms with van der Waals surface area (Å²) in [5.74, 6) is 0. The van der Waals surface area contributed by atoms with Gasteiger partial charge in [-0.05, 0) is 84.6 Å². The molecule has 0 saturated carbocycles. The Hall–Kier alpha value is -4.82. The maximum absolute atomic E-state index is 3.44. The molecule has 0 bridgehead atoms. The zero-order valence-electron chi connectivity index (χ0n) is 21.9. The zero-order chi connectivity index (χ0) is 26.2. The topological polar surface area (TPSA) is 24.1 Å². The van der Waals surface area contributed by atoms with Crippen molar-refractivity contribution in [2.45, 2.75) is 13.8 Å². The molecule has 5 rings (SSSR count). The van der Waals surface area contributed by atoms with Gasteiger partial charge in [0.1, 0.15) is 0 Å². The number of benzene rings is 5. The van der Waals surface area contributed by atoms with Crippen LogP contribution in [-0.4, -0.2) is 0 Å². The third-order valence-electron chi connectivity index (χ3n) is 6.37. The van der Waals surface area contributed by atoms with E-state index in [1.807, 2.05) is 0 Å². The molecule has 2 N–H and O–H groups in total. The molecule has 0 fully saturated rings. The van der Waals surface area contributed by atoms with Crippen LogP contribution in [-0.2, 0) is 0 Å². The molecule has 186 valence electrons. The Morgan fingerprint density at radius 2 is 0.526 bits per heavy atom. The van der Waals surface area contributed by atoms with Crippen molar-refractivity contribution in [2.24, 2.45) is 0 Å². The maximum atomic E-state index is 3.44. The fraction of sp³-hybridized carbons (Fsp3) is 0.0556. The van der Waals surface area contributed by atoms with Crippen LogP contribution in [0.4, 0.5) is 22.7 Å². The highest BCUT2D eigenvalue weighted by atomic mass is 14.9. The molecule has 0 spiro atoms. The molecule has 0 aliphatic carbocycles. The van der Waals surface area contributed by atoms with Gasteiger partial charge in [-0.1, -0.05) is 108 Å². The van der Waals surface area contributed by atoms with Gasteiger partial charge in [-0.2, -0.15) is 0 Å². The monoisotopic (exact) mass is 492 g/mol. The maximum Gasteiger partial charge on any atom is 0.0384 e. The van der Waals surface area contributed by atoms with Gasteiger partial charge in [0, 0.05) is 22.7 Å². The fourth-order valence-corrected chi connectivity index (χ4v) is 4.07. The third kappa shape index (κ3) is 7.11. The molecule has 0 aliphatic rings. The molecule has 5 aromatic carbocycles. The highest BCUT2D eigenvalue weighted by Gasteiger charge is 1.97. The van der Waals surface area contributed by atoms with Crippen molar-refractivity contribution in [3.05, 3.63) is 155 Å². The highest BCUT2D eigenvalue weighted by molar-refractivity contribution is 5.74. The van der Waals surface area contributed by atoms with E-state index in [0.29, 0.717) is 0 Å². The third-order valence-corrected chi connectivity index (χ3v) is 6.37.